The molecule has 0 aromatic heterocycles. The first-order chi connectivity index (χ1) is 9.61. The maximum atomic E-state index is 12.4. The summed E-state index contributed by atoms with van der Waals surface area (Å²) >= 11 is 0. The number of ether oxygens (including phenoxy) is 1. The summed E-state index contributed by atoms with van der Waals surface area (Å²) in [5, 5.41) is 0. The molecule has 1 saturated heterocycles. The summed E-state index contributed by atoms with van der Waals surface area (Å²) in [4.78, 5) is 14.3. The van der Waals surface area contributed by atoms with Crippen molar-refractivity contribution in [2.24, 2.45) is 11.7 Å². The highest BCUT2D eigenvalue weighted by molar-refractivity contribution is 5.81. The van der Waals surface area contributed by atoms with Crippen molar-refractivity contribution >= 4 is 5.91 Å². The molecule has 3 atom stereocenters. The van der Waals surface area contributed by atoms with Crippen LogP contribution >= 0.6 is 0 Å². The molecule has 3 unspecified atom stereocenters. The van der Waals surface area contributed by atoms with Gasteiger partial charge in [0.05, 0.1) is 6.61 Å². The molecule has 0 aliphatic carbocycles. The van der Waals surface area contributed by atoms with E-state index < -0.39 is 6.10 Å². The number of hydrogen-bond donors (Lipinski definition) is 1. The van der Waals surface area contributed by atoms with Crippen molar-refractivity contribution in [2.75, 3.05) is 13.1 Å². The van der Waals surface area contributed by atoms with Crippen molar-refractivity contribution in [2.45, 2.75) is 39.0 Å². The first-order valence-electron chi connectivity index (χ1n) is 7.28. The molecule has 1 aromatic carbocycles. The number of benzene rings is 1. The summed E-state index contributed by atoms with van der Waals surface area (Å²) in [7, 11) is 0. The molecular formula is C16H24N2O2. The van der Waals surface area contributed by atoms with Gasteiger partial charge in [-0.25, -0.2) is 0 Å². The van der Waals surface area contributed by atoms with Gasteiger partial charge in [-0.1, -0.05) is 30.3 Å². The second-order valence-electron chi connectivity index (χ2n) is 5.62. The van der Waals surface area contributed by atoms with Crippen molar-refractivity contribution < 1.29 is 9.53 Å². The van der Waals surface area contributed by atoms with Gasteiger partial charge in [0.2, 0.25) is 0 Å². The van der Waals surface area contributed by atoms with E-state index in [0.29, 0.717) is 19.1 Å². The van der Waals surface area contributed by atoms with Gasteiger partial charge in [0.25, 0.3) is 5.91 Å². The molecule has 110 valence electrons. The Balaban J connectivity index is 1.86. The van der Waals surface area contributed by atoms with Crippen LogP contribution in [0.3, 0.4) is 0 Å². The minimum atomic E-state index is -0.408. The molecule has 4 nitrogen and oxygen atoms in total. The summed E-state index contributed by atoms with van der Waals surface area (Å²) < 4.78 is 5.70. The quantitative estimate of drug-likeness (QED) is 0.892. The number of nitrogens with two attached hydrogens (primary N) is 1. The van der Waals surface area contributed by atoms with Crippen LogP contribution in [0, 0.1) is 5.92 Å². The van der Waals surface area contributed by atoms with Crippen LogP contribution in [0.5, 0.6) is 0 Å². The molecule has 2 rings (SSSR count). The molecule has 2 N–H and O–H groups in total. The average molecular weight is 276 g/mol. The monoisotopic (exact) mass is 276 g/mol. The van der Waals surface area contributed by atoms with Crippen LogP contribution in [0.15, 0.2) is 30.3 Å². The van der Waals surface area contributed by atoms with Crippen molar-refractivity contribution in [3.05, 3.63) is 35.9 Å². The lowest BCUT2D eigenvalue weighted by Gasteiger charge is -2.25. The molecule has 0 radical (unpaired) electrons. The van der Waals surface area contributed by atoms with E-state index >= 15 is 0 Å². The van der Waals surface area contributed by atoms with Gasteiger partial charge in [0, 0.05) is 12.6 Å². The summed E-state index contributed by atoms with van der Waals surface area (Å²) in [6.45, 7) is 5.78. The van der Waals surface area contributed by atoms with Crippen molar-refractivity contribution in [1.29, 1.82) is 0 Å². The fraction of sp³-hybridized carbons (Fsp3) is 0.562. The molecule has 0 saturated carbocycles. The van der Waals surface area contributed by atoms with E-state index in [9.17, 15) is 4.79 Å². The molecule has 0 spiro atoms. The molecular weight excluding hydrogens is 252 g/mol. The second kappa shape index (κ2) is 6.86. The molecule has 1 aliphatic rings. The van der Waals surface area contributed by atoms with E-state index in [0.717, 1.165) is 18.5 Å². The molecule has 1 amide bonds. The number of nitrogens with zero attached hydrogens (tertiary/aromatic N) is 1. The number of rotatable bonds is 5. The zero-order valence-electron chi connectivity index (χ0n) is 12.3. The SMILES string of the molecule is CC(OCc1ccccc1)C(=O)N1CC(CN)CC1C. The third-order valence-corrected chi connectivity index (χ3v) is 3.97. The van der Waals surface area contributed by atoms with Gasteiger partial charge in [0.1, 0.15) is 6.10 Å². The Labute approximate surface area is 120 Å². The van der Waals surface area contributed by atoms with Gasteiger partial charge in [-0.3, -0.25) is 4.79 Å². The summed E-state index contributed by atoms with van der Waals surface area (Å²) in [6, 6.07) is 10.2. The topological polar surface area (TPSA) is 55.6 Å². The maximum Gasteiger partial charge on any atom is 0.251 e. The highest BCUT2D eigenvalue weighted by Crippen LogP contribution is 2.23. The number of carbonyl (C=O) groups excluding carboxylic acids is 1. The standard InChI is InChI=1S/C16H24N2O2/c1-12-8-15(9-17)10-18(12)16(19)13(2)20-11-14-6-4-3-5-7-14/h3-7,12-13,15H,8-11,17H2,1-2H3. The lowest BCUT2D eigenvalue weighted by atomic mass is 10.1. The van der Waals surface area contributed by atoms with E-state index in [2.05, 4.69) is 6.92 Å². The molecule has 1 fully saturated rings. The van der Waals surface area contributed by atoms with Gasteiger partial charge in [-0.05, 0) is 38.3 Å². The Morgan fingerprint density at radius 3 is 2.75 bits per heavy atom. The van der Waals surface area contributed by atoms with Gasteiger partial charge >= 0.3 is 0 Å². The summed E-state index contributed by atoms with van der Waals surface area (Å²) in [6.07, 6.45) is 0.586. The highest BCUT2D eigenvalue weighted by atomic mass is 16.5. The lowest BCUT2D eigenvalue weighted by Crippen LogP contribution is -2.41. The average Bonchev–Trinajstić information content (AvgIpc) is 2.86. The van der Waals surface area contributed by atoms with Crippen molar-refractivity contribution in [3.8, 4) is 0 Å². The molecule has 20 heavy (non-hydrogen) atoms. The predicted octanol–water partition coefficient (Wildman–Crippen LogP) is 1.79. The van der Waals surface area contributed by atoms with E-state index in [4.69, 9.17) is 10.5 Å². The van der Waals surface area contributed by atoms with E-state index in [1.165, 1.54) is 0 Å². The minimum absolute atomic E-state index is 0.0735. The number of carbonyl (C=O) groups is 1. The van der Waals surface area contributed by atoms with E-state index in [1.807, 2.05) is 42.2 Å². The van der Waals surface area contributed by atoms with E-state index in [1.54, 1.807) is 0 Å². The third-order valence-electron chi connectivity index (χ3n) is 3.97. The van der Waals surface area contributed by atoms with Crippen LogP contribution in [0.1, 0.15) is 25.8 Å². The zero-order valence-corrected chi connectivity index (χ0v) is 12.3. The number of amides is 1. The van der Waals surface area contributed by atoms with Gasteiger partial charge < -0.3 is 15.4 Å². The third kappa shape index (κ3) is 3.58. The molecule has 1 heterocycles. The normalized spacial score (nSPS) is 23.9. The largest absolute Gasteiger partial charge is 0.364 e. The maximum absolute atomic E-state index is 12.4. The van der Waals surface area contributed by atoms with Crippen LogP contribution in [0.25, 0.3) is 0 Å². The first-order valence-corrected chi connectivity index (χ1v) is 7.28. The Morgan fingerprint density at radius 2 is 2.15 bits per heavy atom. The van der Waals surface area contributed by atoms with Crippen molar-refractivity contribution in [3.63, 3.8) is 0 Å². The number of hydrogen-bond acceptors (Lipinski definition) is 3. The van der Waals surface area contributed by atoms with Crippen LogP contribution < -0.4 is 5.73 Å². The van der Waals surface area contributed by atoms with E-state index in [-0.39, 0.29) is 11.9 Å². The van der Waals surface area contributed by atoms with Gasteiger partial charge in [0.15, 0.2) is 0 Å². The second-order valence-corrected chi connectivity index (χ2v) is 5.62. The molecule has 1 aliphatic heterocycles. The minimum Gasteiger partial charge on any atom is -0.364 e. The van der Waals surface area contributed by atoms with Crippen LogP contribution in [0.2, 0.25) is 0 Å². The zero-order chi connectivity index (χ0) is 14.5. The van der Waals surface area contributed by atoms with Crippen LogP contribution in [-0.4, -0.2) is 36.0 Å². The Morgan fingerprint density at radius 1 is 1.45 bits per heavy atom. The fourth-order valence-corrected chi connectivity index (χ4v) is 2.72. The lowest BCUT2D eigenvalue weighted by molar-refractivity contribution is -0.144. The Kier molecular flexibility index (Phi) is 5.15. The number of likely N-dealkylation sites (tertiary alicyclic amines) is 1. The molecule has 4 heteroatoms. The van der Waals surface area contributed by atoms with Crippen LogP contribution in [-0.2, 0) is 16.1 Å². The predicted molar refractivity (Wildman–Crippen MR) is 79.0 cm³/mol. The van der Waals surface area contributed by atoms with Gasteiger partial charge in [-0.2, -0.15) is 0 Å². The van der Waals surface area contributed by atoms with Crippen molar-refractivity contribution in [1.82, 2.24) is 4.90 Å². The smallest absolute Gasteiger partial charge is 0.251 e. The first kappa shape index (κ1) is 15.0. The van der Waals surface area contributed by atoms with Crippen LogP contribution in [0.4, 0.5) is 0 Å². The summed E-state index contributed by atoms with van der Waals surface area (Å²) in [5.41, 5.74) is 6.78. The Bertz CT molecular complexity index is 435. The molecule has 0 bridgehead atoms. The fourth-order valence-electron chi connectivity index (χ4n) is 2.72. The molecule has 1 aromatic rings. The highest BCUT2D eigenvalue weighted by Gasteiger charge is 2.33. The van der Waals surface area contributed by atoms with Gasteiger partial charge in [-0.15, -0.1) is 0 Å². The Hall–Kier alpha value is -1.39. The summed E-state index contributed by atoms with van der Waals surface area (Å²) in [5.74, 6) is 0.500.